The third kappa shape index (κ3) is 2.42. The maximum absolute atomic E-state index is 5.59. The van der Waals surface area contributed by atoms with Crippen molar-refractivity contribution in [2.24, 2.45) is 0 Å². The number of rotatable bonds is 3. The molecule has 3 heterocycles. The molecule has 0 aromatic carbocycles. The maximum Gasteiger partial charge on any atom is 0.123 e. The van der Waals surface area contributed by atoms with Crippen LogP contribution in [0.4, 0.5) is 5.82 Å². The van der Waals surface area contributed by atoms with E-state index >= 15 is 0 Å². The second-order valence-electron chi connectivity index (χ2n) is 4.08. The van der Waals surface area contributed by atoms with Gasteiger partial charge in [-0.15, -0.1) is 0 Å². The van der Waals surface area contributed by atoms with Crippen molar-refractivity contribution in [2.45, 2.75) is 6.54 Å². The van der Waals surface area contributed by atoms with Gasteiger partial charge in [-0.1, -0.05) is 0 Å². The zero-order valence-corrected chi connectivity index (χ0v) is 10.1. The SMILES string of the molecule is Nc1ccc(-c2cncn2Cc2ccncn2)cn1. The third-order valence-corrected chi connectivity index (χ3v) is 2.77. The first kappa shape index (κ1) is 11.3. The molecule has 0 atom stereocenters. The van der Waals surface area contributed by atoms with Crippen LogP contribution in [0.3, 0.4) is 0 Å². The average molecular weight is 252 g/mol. The number of nitrogens with zero attached hydrogens (tertiary/aromatic N) is 5. The van der Waals surface area contributed by atoms with Gasteiger partial charge >= 0.3 is 0 Å². The monoisotopic (exact) mass is 252 g/mol. The normalized spacial score (nSPS) is 10.5. The molecular formula is C13H12N6. The minimum absolute atomic E-state index is 0.505. The van der Waals surface area contributed by atoms with Gasteiger partial charge in [0.25, 0.3) is 0 Å². The van der Waals surface area contributed by atoms with Gasteiger partial charge in [0.1, 0.15) is 12.1 Å². The van der Waals surface area contributed by atoms with Gasteiger partial charge in [-0.05, 0) is 18.2 Å². The van der Waals surface area contributed by atoms with E-state index < -0.39 is 0 Å². The van der Waals surface area contributed by atoms with Gasteiger partial charge in [0.15, 0.2) is 0 Å². The Morgan fingerprint density at radius 3 is 2.74 bits per heavy atom. The van der Waals surface area contributed by atoms with Gasteiger partial charge in [-0.25, -0.2) is 19.9 Å². The number of hydrogen-bond donors (Lipinski definition) is 1. The molecule has 3 rings (SSSR count). The predicted octanol–water partition coefficient (Wildman–Crippen LogP) is 1.37. The van der Waals surface area contributed by atoms with Gasteiger partial charge in [-0.2, -0.15) is 0 Å². The van der Waals surface area contributed by atoms with Crippen LogP contribution in [0.5, 0.6) is 0 Å². The third-order valence-electron chi connectivity index (χ3n) is 2.77. The van der Waals surface area contributed by atoms with E-state index in [-0.39, 0.29) is 0 Å². The van der Waals surface area contributed by atoms with Gasteiger partial charge < -0.3 is 10.3 Å². The molecular weight excluding hydrogens is 240 g/mol. The fourth-order valence-electron chi connectivity index (χ4n) is 1.83. The molecule has 6 heteroatoms. The standard InChI is InChI=1S/C13H12N6/c14-13-2-1-10(5-17-13)12-6-16-9-19(12)7-11-3-4-15-8-18-11/h1-6,8-9H,7H2,(H2,14,17). The van der Waals surface area contributed by atoms with E-state index in [1.54, 1.807) is 31.0 Å². The van der Waals surface area contributed by atoms with Crippen molar-refractivity contribution in [3.63, 3.8) is 0 Å². The minimum Gasteiger partial charge on any atom is -0.384 e. The Balaban J connectivity index is 1.92. The van der Waals surface area contributed by atoms with E-state index in [4.69, 9.17) is 5.73 Å². The summed E-state index contributed by atoms with van der Waals surface area (Å²) in [6.07, 6.45) is 8.57. The van der Waals surface area contributed by atoms with E-state index in [0.717, 1.165) is 17.0 Å². The van der Waals surface area contributed by atoms with Gasteiger partial charge in [0, 0.05) is 18.0 Å². The van der Waals surface area contributed by atoms with E-state index in [0.29, 0.717) is 12.4 Å². The zero-order valence-electron chi connectivity index (χ0n) is 10.1. The lowest BCUT2D eigenvalue weighted by molar-refractivity contribution is 0.775. The van der Waals surface area contributed by atoms with E-state index in [2.05, 4.69) is 19.9 Å². The van der Waals surface area contributed by atoms with Crippen LogP contribution in [0.1, 0.15) is 5.69 Å². The number of hydrogen-bond acceptors (Lipinski definition) is 5. The first-order valence-electron chi connectivity index (χ1n) is 5.80. The Bertz CT molecular complexity index is 659. The largest absolute Gasteiger partial charge is 0.384 e. The van der Waals surface area contributed by atoms with Crippen molar-refractivity contribution >= 4 is 5.82 Å². The zero-order chi connectivity index (χ0) is 13.1. The van der Waals surface area contributed by atoms with Crippen LogP contribution in [-0.2, 0) is 6.54 Å². The number of aromatic nitrogens is 5. The smallest absolute Gasteiger partial charge is 0.123 e. The molecule has 19 heavy (non-hydrogen) atoms. The molecule has 0 fully saturated rings. The molecule has 0 radical (unpaired) electrons. The van der Waals surface area contributed by atoms with Crippen molar-refractivity contribution < 1.29 is 0 Å². The van der Waals surface area contributed by atoms with Crippen molar-refractivity contribution in [3.05, 3.63) is 55.1 Å². The van der Waals surface area contributed by atoms with E-state index in [9.17, 15) is 0 Å². The molecule has 6 nitrogen and oxygen atoms in total. The summed E-state index contributed by atoms with van der Waals surface area (Å²) >= 11 is 0. The number of pyridine rings is 1. The highest BCUT2D eigenvalue weighted by Crippen LogP contribution is 2.19. The molecule has 0 aliphatic rings. The average Bonchev–Trinajstić information content (AvgIpc) is 2.89. The summed E-state index contributed by atoms with van der Waals surface area (Å²) in [5.41, 5.74) is 8.47. The summed E-state index contributed by atoms with van der Waals surface area (Å²) in [6.45, 7) is 0.641. The molecule has 0 saturated heterocycles. The van der Waals surface area contributed by atoms with Gasteiger partial charge in [0.2, 0.25) is 0 Å². The molecule has 3 aromatic rings. The molecule has 94 valence electrons. The second kappa shape index (κ2) is 4.85. The second-order valence-corrected chi connectivity index (χ2v) is 4.08. The lowest BCUT2D eigenvalue weighted by Crippen LogP contribution is -2.02. The molecule has 0 spiro atoms. The lowest BCUT2D eigenvalue weighted by Gasteiger charge is -2.07. The van der Waals surface area contributed by atoms with Crippen molar-refractivity contribution in [1.29, 1.82) is 0 Å². The van der Waals surface area contributed by atoms with Crippen LogP contribution < -0.4 is 5.73 Å². The Hall–Kier alpha value is -2.76. The number of nitrogen functional groups attached to an aromatic ring is 1. The first-order chi connectivity index (χ1) is 9.33. The number of imidazole rings is 1. The summed E-state index contributed by atoms with van der Waals surface area (Å²) in [6, 6.07) is 5.58. The lowest BCUT2D eigenvalue weighted by atomic mass is 10.2. The Labute approximate surface area is 110 Å². The van der Waals surface area contributed by atoms with Crippen LogP contribution >= 0.6 is 0 Å². The van der Waals surface area contributed by atoms with Crippen molar-refractivity contribution in [1.82, 2.24) is 24.5 Å². The molecule has 0 bridgehead atoms. The van der Waals surface area contributed by atoms with Crippen LogP contribution in [0.2, 0.25) is 0 Å². The van der Waals surface area contributed by atoms with E-state index in [1.807, 2.05) is 16.7 Å². The first-order valence-corrected chi connectivity index (χ1v) is 5.80. The van der Waals surface area contributed by atoms with Gasteiger partial charge in [0.05, 0.1) is 30.5 Å². The summed E-state index contributed by atoms with van der Waals surface area (Å²) in [7, 11) is 0. The Morgan fingerprint density at radius 2 is 2.00 bits per heavy atom. The number of anilines is 1. The molecule has 3 aromatic heterocycles. The van der Waals surface area contributed by atoms with Crippen LogP contribution in [0, 0.1) is 0 Å². The van der Waals surface area contributed by atoms with Crippen molar-refractivity contribution in [3.8, 4) is 11.3 Å². The molecule has 0 aliphatic heterocycles. The summed E-state index contributed by atoms with van der Waals surface area (Å²) in [4.78, 5) is 16.4. The highest BCUT2D eigenvalue weighted by molar-refractivity contribution is 5.59. The van der Waals surface area contributed by atoms with E-state index in [1.165, 1.54) is 6.33 Å². The highest BCUT2D eigenvalue weighted by atomic mass is 15.1. The summed E-state index contributed by atoms with van der Waals surface area (Å²) in [5.74, 6) is 0.505. The fourth-order valence-corrected chi connectivity index (χ4v) is 1.83. The van der Waals surface area contributed by atoms with Crippen molar-refractivity contribution in [2.75, 3.05) is 5.73 Å². The summed E-state index contributed by atoms with van der Waals surface area (Å²) < 4.78 is 2.01. The summed E-state index contributed by atoms with van der Waals surface area (Å²) in [5, 5.41) is 0. The van der Waals surface area contributed by atoms with Gasteiger partial charge in [-0.3, -0.25) is 0 Å². The predicted molar refractivity (Wildman–Crippen MR) is 71.0 cm³/mol. The minimum atomic E-state index is 0.505. The maximum atomic E-state index is 5.59. The van der Waals surface area contributed by atoms with Crippen LogP contribution in [0.25, 0.3) is 11.3 Å². The van der Waals surface area contributed by atoms with Crippen LogP contribution in [-0.4, -0.2) is 24.5 Å². The Kier molecular flexibility index (Phi) is 2.89. The van der Waals surface area contributed by atoms with Crippen LogP contribution in [0.15, 0.2) is 49.4 Å². The molecule has 0 unspecified atom stereocenters. The Morgan fingerprint density at radius 1 is 1.05 bits per heavy atom. The fraction of sp³-hybridized carbons (Fsp3) is 0.0769. The molecule has 0 amide bonds. The molecule has 2 N–H and O–H groups in total. The number of nitrogens with two attached hydrogens (primary N) is 1. The topological polar surface area (TPSA) is 82.5 Å². The molecule has 0 saturated carbocycles. The quantitative estimate of drug-likeness (QED) is 0.761. The molecule has 0 aliphatic carbocycles. The highest BCUT2D eigenvalue weighted by Gasteiger charge is 2.06.